The zero-order valence-electron chi connectivity index (χ0n) is 14.3. The van der Waals surface area contributed by atoms with Crippen molar-refractivity contribution in [1.29, 1.82) is 0 Å². The number of nitrogens with one attached hydrogen (secondary N) is 1. The second kappa shape index (κ2) is 6.05. The van der Waals surface area contributed by atoms with Crippen LogP contribution in [-0.4, -0.2) is 52.8 Å². The molecule has 0 radical (unpaired) electrons. The molecule has 132 valence electrons. The zero-order chi connectivity index (χ0) is 16.7. The SMILES string of the molecule is O=C(CN1C(=O)NC2(CCCC2)C1=O)N1CCC2CCCCC2C1. The Bertz CT molecular complexity index is 556. The molecule has 0 aromatic heterocycles. The third-order valence-electron chi connectivity index (χ3n) is 6.64. The average Bonchev–Trinajstić information content (AvgIpc) is 3.15. The van der Waals surface area contributed by atoms with Crippen molar-refractivity contribution in [2.45, 2.75) is 63.3 Å². The van der Waals surface area contributed by atoms with Gasteiger partial charge in [0.1, 0.15) is 12.1 Å². The Morgan fingerprint density at radius 1 is 1.04 bits per heavy atom. The van der Waals surface area contributed by atoms with E-state index in [1.54, 1.807) is 0 Å². The highest BCUT2D eigenvalue weighted by molar-refractivity contribution is 6.09. The highest BCUT2D eigenvalue weighted by Crippen LogP contribution is 2.37. The quantitative estimate of drug-likeness (QED) is 0.785. The number of likely N-dealkylation sites (tertiary alicyclic amines) is 1. The van der Waals surface area contributed by atoms with Crippen molar-refractivity contribution >= 4 is 17.8 Å². The highest BCUT2D eigenvalue weighted by atomic mass is 16.2. The molecule has 1 N–H and O–H groups in total. The molecule has 4 rings (SSSR count). The van der Waals surface area contributed by atoms with E-state index in [0.717, 1.165) is 43.2 Å². The third-order valence-corrected chi connectivity index (χ3v) is 6.64. The lowest BCUT2D eigenvalue weighted by Gasteiger charge is -2.41. The van der Waals surface area contributed by atoms with Gasteiger partial charge in [-0.1, -0.05) is 32.1 Å². The Hall–Kier alpha value is -1.59. The molecule has 1 spiro atoms. The maximum Gasteiger partial charge on any atom is 0.325 e. The van der Waals surface area contributed by atoms with Gasteiger partial charge >= 0.3 is 6.03 Å². The Kier molecular flexibility index (Phi) is 4.01. The molecular weight excluding hydrogens is 306 g/mol. The van der Waals surface area contributed by atoms with Gasteiger partial charge in [0.2, 0.25) is 5.91 Å². The Balaban J connectivity index is 1.39. The maximum atomic E-state index is 12.7. The molecule has 2 saturated heterocycles. The summed E-state index contributed by atoms with van der Waals surface area (Å²) in [4.78, 5) is 40.6. The summed E-state index contributed by atoms with van der Waals surface area (Å²) in [6.07, 6.45) is 9.49. The number of carbonyl (C=O) groups is 3. The summed E-state index contributed by atoms with van der Waals surface area (Å²) in [5.74, 6) is 1.12. The number of hydrogen-bond donors (Lipinski definition) is 1. The van der Waals surface area contributed by atoms with Crippen molar-refractivity contribution in [3.63, 3.8) is 0 Å². The second-order valence-electron chi connectivity index (χ2n) is 8.04. The molecule has 0 aromatic carbocycles. The molecule has 4 fully saturated rings. The number of nitrogens with zero attached hydrogens (tertiary/aromatic N) is 2. The lowest BCUT2D eigenvalue weighted by atomic mass is 9.75. The molecule has 24 heavy (non-hydrogen) atoms. The summed E-state index contributed by atoms with van der Waals surface area (Å²) in [5, 5.41) is 2.85. The van der Waals surface area contributed by atoms with Crippen LogP contribution in [0.4, 0.5) is 4.79 Å². The van der Waals surface area contributed by atoms with Crippen LogP contribution in [0.1, 0.15) is 57.8 Å². The van der Waals surface area contributed by atoms with Gasteiger partial charge in [-0.05, 0) is 37.5 Å². The summed E-state index contributed by atoms with van der Waals surface area (Å²) in [6, 6.07) is -0.386. The molecular formula is C18H27N3O3. The molecule has 2 heterocycles. The first-order valence-corrected chi connectivity index (χ1v) is 9.51. The Morgan fingerprint density at radius 2 is 1.75 bits per heavy atom. The van der Waals surface area contributed by atoms with Crippen molar-refractivity contribution in [2.24, 2.45) is 11.8 Å². The van der Waals surface area contributed by atoms with Gasteiger partial charge < -0.3 is 10.2 Å². The van der Waals surface area contributed by atoms with Gasteiger partial charge in [-0.25, -0.2) is 4.79 Å². The fourth-order valence-corrected chi connectivity index (χ4v) is 5.20. The van der Waals surface area contributed by atoms with Crippen LogP contribution in [0.5, 0.6) is 0 Å². The lowest BCUT2D eigenvalue weighted by Crippen LogP contribution is -2.49. The number of piperidine rings is 1. The number of fused-ring (bicyclic) bond motifs is 1. The van der Waals surface area contributed by atoms with Crippen LogP contribution < -0.4 is 5.32 Å². The Labute approximate surface area is 142 Å². The van der Waals surface area contributed by atoms with Crippen LogP contribution >= 0.6 is 0 Å². The van der Waals surface area contributed by atoms with Gasteiger partial charge in [0.05, 0.1) is 0 Å². The lowest BCUT2D eigenvalue weighted by molar-refractivity contribution is -0.140. The van der Waals surface area contributed by atoms with Gasteiger partial charge in [-0.2, -0.15) is 0 Å². The molecule has 4 amide bonds. The van der Waals surface area contributed by atoms with Crippen molar-refractivity contribution in [3.05, 3.63) is 0 Å². The van der Waals surface area contributed by atoms with Gasteiger partial charge in [-0.15, -0.1) is 0 Å². The van der Waals surface area contributed by atoms with E-state index < -0.39 is 5.54 Å². The molecule has 2 unspecified atom stereocenters. The van der Waals surface area contributed by atoms with Crippen LogP contribution in [0, 0.1) is 11.8 Å². The van der Waals surface area contributed by atoms with Crippen LogP contribution in [-0.2, 0) is 9.59 Å². The molecule has 4 aliphatic rings. The van der Waals surface area contributed by atoms with Crippen molar-refractivity contribution in [2.75, 3.05) is 19.6 Å². The predicted molar refractivity (Wildman–Crippen MR) is 88.1 cm³/mol. The molecule has 2 aliphatic heterocycles. The molecule has 6 nitrogen and oxygen atoms in total. The van der Waals surface area contributed by atoms with E-state index in [0.29, 0.717) is 18.8 Å². The first-order valence-electron chi connectivity index (χ1n) is 9.51. The van der Waals surface area contributed by atoms with Crippen LogP contribution in [0.15, 0.2) is 0 Å². The number of amides is 4. The van der Waals surface area contributed by atoms with Crippen molar-refractivity contribution < 1.29 is 14.4 Å². The van der Waals surface area contributed by atoms with Crippen LogP contribution in [0.2, 0.25) is 0 Å². The van der Waals surface area contributed by atoms with E-state index in [9.17, 15) is 14.4 Å². The summed E-state index contributed by atoms with van der Waals surface area (Å²) >= 11 is 0. The van der Waals surface area contributed by atoms with E-state index >= 15 is 0 Å². The fraction of sp³-hybridized carbons (Fsp3) is 0.833. The summed E-state index contributed by atoms with van der Waals surface area (Å²) in [7, 11) is 0. The third kappa shape index (κ3) is 2.60. The molecule has 2 aliphatic carbocycles. The monoisotopic (exact) mass is 333 g/mol. The van der Waals surface area contributed by atoms with Crippen molar-refractivity contribution in [1.82, 2.24) is 15.1 Å². The van der Waals surface area contributed by atoms with E-state index in [-0.39, 0.29) is 24.4 Å². The minimum Gasteiger partial charge on any atom is -0.341 e. The molecule has 2 saturated carbocycles. The van der Waals surface area contributed by atoms with Gasteiger partial charge in [0, 0.05) is 13.1 Å². The first-order chi connectivity index (χ1) is 11.6. The fourth-order valence-electron chi connectivity index (χ4n) is 5.20. The van der Waals surface area contributed by atoms with Gasteiger partial charge in [0.25, 0.3) is 5.91 Å². The standard InChI is InChI=1S/C18H27N3O3/c22-15(20-10-7-13-5-1-2-6-14(13)11-20)12-21-16(23)18(19-17(21)24)8-3-4-9-18/h13-14H,1-12H2,(H,19,24). The number of urea groups is 1. The molecule has 2 atom stereocenters. The van der Waals surface area contributed by atoms with E-state index in [1.807, 2.05) is 4.90 Å². The Morgan fingerprint density at radius 3 is 2.50 bits per heavy atom. The minimum atomic E-state index is -0.715. The number of carbonyl (C=O) groups excluding carboxylic acids is 3. The maximum absolute atomic E-state index is 12.7. The number of rotatable bonds is 2. The topological polar surface area (TPSA) is 69.7 Å². The first kappa shape index (κ1) is 15.9. The molecule has 0 aromatic rings. The number of hydrogen-bond acceptors (Lipinski definition) is 3. The highest BCUT2D eigenvalue weighted by Gasteiger charge is 2.53. The summed E-state index contributed by atoms with van der Waals surface area (Å²) in [6.45, 7) is 1.48. The summed E-state index contributed by atoms with van der Waals surface area (Å²) < 4.78 is 0. The van der Waals surface area contributed by atoms with Gasteiger partial charge in [-0.3, -0.25) is 14.5 Å². The molecule has 0 bridgehead atoms. The predicted octanol–water partition coefficient (Wildman–Crippen LogP) is 1.89. The van der Waals surface area contributed by atoms with E-state index in [1.165, 1.54) is 25.7 Å². The smallest absolute Gasteiger partial charge is 0.325 e. The minimum absolute atomic E-state index is 0.0717. The van der Waals surface area contributed by atoms with Crippen LogP contribution in [0.3, 0.4) is 0 Å². The van der Waals surface area contributed by atoms with Crippen LogP contribution in [0.25, 0.3) is 0 Å². The average molecular weight is 333 g/mol. The van der Waals surface area contributed by atoms with E-state index in [2.05, 4.69) is 5.32 Å². The largest absolute Gasteiger partial charge is 0.341 e. The van der Waals surface area contributed by atoms with Crippen molar-refractivity contribution in [3.8, 4) is 0 Å². The second-order valence-corrected chi connectivity index (χ2v) is 8.04. The van der Waals surface area contributed by atoms with Gasteiger partial charge in [0.15, 0.2) is 0 Å². The zero-order valence-corrected chi connectivity index (χ0v) is 14.3. The normalized spacial score (nSPS) is 32.2. The summed E-state index contributed by atoms with van der Waals surface area (Å²) in [5.41, 5.74) is -0.715. The van der Waals surface area contributed by atoms with E-state index in [4.69, 9.17) is 0 Å². The number of imide groups is 1. The molecule has 6 heteroatoms.